The van der Waals surface area contributed by atoms with Crippen molar-refractivity contribution in [1.29, 1.82) is 0 Å². The first-order valence-electron chi connectivity index (χ1n) is 9.14. The summed E-state index contributed by atoms with van der Waals surface area (Å²) in [6.07, 6.45) is 3.11. The van der Waals surface area contributed by atoms with Gasteiger partial charge in [-0.25, -0.2) is 9.07 Å². The van der Waals surface area contributed by atoms with Crippen molar-refractivity contribution < 1.29 is 23.1 Å². The molecule has 2 amide bonds. The minimum absolute atomic E-state index is 0.102. The van der Waals surface area contributed by atoms with Gasteiger partial charge in [0.1, 0.15) is 11.6 Å². The minimum atomic E-state index is -0.338. The maximum absolute atomic E-state index is 12.9. The largest absolute Gasteiger partial charge is 0.471 e. The molecule has 0 atom stereocenters. The standard InChI is InChI=1S/C20H19FN4O4/c21-15-3-5-16(6-4-15)29-14-25-8-7-17(22-25)19(26)23-9-11-24(12-10-23)20(27)18-2-1-13-28-18/h1-8,13H,9-12,14H2. The molecule has 0 radical (unpaired) electrons. The van der Waals surface area contributed by atoms with Crippen molar-refractivity contribution in [2.75, 3.05) is 26.2 Å². The molecule has 1 aliphatic heterocycles. The number of nitrogens with zero attached hydrogens (tertiary/aromatic N) is 4. The van der Waals surface area contributed by atoms with Gasteiger partial charge in [0.15, 0.2) is 18.2 Å². The van der Waals surface area contributed by atoms with E-state index in [1.165, 1.54) is 35.2 Å². The summed E-state index contributed by atoms with van der Waals surface area (Å²) in [4.78, 5) is 28.3. The van der Waals surface area contributed by atoms with Crippen molar-refractivity contribution in [3.8, 4) is 5.75 Å². The molecule has 0 N–H and O–H groups in total. The number of benzene rings is 1. The fourth-order valence-electron chi connectivity index (χ4n) is 3.05. The topological polar surface area (TPSA) is 80.8 Å². The smallest absolute Gasteiger partial charge is 0.289 e. The van der Waals surface area contributed by atoms with Crippen LogP contribution in [0.25, 0.3) is 0 Å². The highest BCUT2D eigenvalue weighted by Crippen LogP contribution is 2.13. The van der Waals surface area contributed by atoms with Crippen LogP contribution in [0, 0.1) is 5.82 Å². The van der Waals surface area contributed by atoms with E-state index >= 15 is 0 Å². The van der Waals surface area contributed by atoms with Crippen LogP contribution in [0.3, 0.4) is 0 Å². The summed E-state index contributed by atoms with van der Waals surface area (Å²) in [7, 11) is 0. The lowest BCUT2D eigenvalue weighted by atomic mass is 10.2. The monoisotopic (exact) mass is 398 g/mol. The van der Waals surface area contributed by atoms with E-state index < -0.39 is 0 Å². The van der Waals surface area contributed by atoms with E-state index in [1.807, 2.05) is 0 Å². The number of ether oxygens (including phenoxy) is 1. The van der Waals surface area contributed by atoms with E-state index in [4.69, 9.17) is 9.15 Å². The highest BCUT2D eigenvalue weighted by atomic mass is 19.1. The summed E-state index contributed by atoms with van der Waals surface area (Å²) in [5.74, 6) is 0.0898. The van der Waals surface area contributed by atoms with E-state index in [0.29, 0.717) is 43.4 Å². The van der Waals surface area contributed by atoms with Crippen LogP contribution in [0.2, 0.25) is 0 Å². The highest BCUT2D eigenvalue weighted by Gasteiger charge is 2.27. The number of carbonyl (C=O) groups is 2. The molecule has 1 saturated heterocycles. The molecule has 3 aromatic rings. The summed E-state index contributed by atoms with van der Waals surface area (Å²) < 4.78 is 25.1. The number of furan rings is 1. The van der Waals surface area contributed by atoms with E-state index in [2.05, 4.69) is 5.10 Å². The third-order valence-electron chi connectivity index (χ3n) is 4.62. The fourth-order valence-corrected chi connectivity index (χ4v) is 3.05. The number of amides is 2. The molecule has 1 fully saturated rings. The second-order valence-electron chi connectivity index (χ2n) is 6.53. The third kappa shape index (κ3) is 4.29. The zero-order chi connectivity index (χ0) is 20.2. The van der Waals surface area contributed by atoms with Crippen molar-refractivity contribution in [3.63, 3.8) is 0 Å². The number of hydrogen-bond acceptors (Lipinski definition) is 5. The van der Waals surface area contributed by atoms with Crippen molar-refractivity contribution in [1.82, 2.24) is 19.6 Å². The van der Waals surface area contributed by atoms with Gasteiger partial charge in [0, 0.05) is 32.4 Å². The molecule has 0 bridgehead atoms. The van der Waals surface area contributed by atoms with Crippen LogP contribution < -0.4 is 4.74 Å². The van der Waals surface area contributed by atoms with Crippen LogP contribution in [0.4, 0.5) is 4.39 Å². The number of rotatable bonds is 5. The lowest BCUT2D eigenvalue weighted by Gasteiger charge is -2.33. The Labute approximate surface area is 166 Å². The van der Waals surface area contributed by atoms with Gasteiger partial charge < -0.3 is 19.0 Å². The zero-order valence-corrected chi connectivity index (χ0v) is 15.5. The summed E-state index contributed by atoms with van der Waals surface area (Å²) in [6, 6.07) is 10.6. The first-order valence-corrected chi connectivity index (χ1v) is 9.14. The number of piperazine rings is 1. The summed E-state index contributed by atoms with van der Waals surface area (Å²) in [6.45, 7) is 1.80. The Morgan fingerprint density at radius 1 is 1.00 bits per heavy atom. The Morgan fingerprint density at radius 2 is 1.69 bits per heavy atom. The van der Waals surface area contributed by atoms with E-state index in [-0.39, 0.29) is 24.4 Å². The molecule has 4 rings (SSSR count). The quantitative estimate of drug-likeness (QED) is 0.659. The van der Waals surface area contributed by atoms with Crippen LogP contribution in [0.15, 0.2) is 59.3 Å². The number of hydrogen-bond donors (Lipinski definition) is 0. The molecule has 29 heavy (non-hydrogen) atoms. The molecule has 0 unspecified atom stereocenters. The average Bonchev–Trinajstić information content (AvgIpc) is 3.45. The molecule has 150 valence electrons. The SMILES string of the molecule is O=C(c1ccn(COc2ccc(F)cc2)n1)N1CCN(C(=O)c2ccco2)CC1. The van der Waals surface area contributed by atoms with Gasteiger partial charge >= 0.3 is 0 Å². The molecule has 0 aliphatic carbocycles. The summed E-state index contributed by atoms with van der Waals surface area (Å²) in [5.41, 5.74) is 0.304. The maximum Gasteiger partial charge on any atom is 0.289 e. The van der Waals surface area contributed by atoms with Crippen LogP contribution >= 0.6 is 0 Å². The van der Waals surface area contributed by atoms with Gasteiger partial charge in [-0.15, -0.1) is 0 Å². The van der Waals surface area contributed by atoms with Gasteiger partial charge in [-0.05, 0) is 42.5 Å². The maximum atomic E-state index is 12.9. The van der Waals surface area contributed by atoms with Crippen molar-refractivity contribution in [3.05, 3.63) is 72.2 Å². The van der Waals surface area contributed by atoms with Crippen molar-refractivity contribution in [2.45, 2.75) is 6.73 Å². The van der Waals surface area contributed by atoms with E-state index in [0.717, 1.165) is 0 Å². The molecule has 2 aromatic heterocycles. The molecule has 1 aromatic carbocycles. The van der Waals surface area contributed by atoms with E-state index in [9.17, 15) is 14.0 Å². The molecule has 0 saturated carbocycles. The Kier molecular flexibility index (Phi) is 5.28. The number of aromatic nitrogens is 2. The normalized spacial score (nSPS) is 14.1. The Balaban J connectivity index is 1.30. The molecule has 3 heterocycles. The third-order valence-corrected chi connectivity index (χ3v) is 4.62. The number of carbonyl (C=O) groups excluding carboxylic acids is 2. The van der Waals surface area contributed by atoms with Gasteiger partial charge in [0.2, 0.25) is 0 Å². The van der Waals surface area contributed by atoms with Crippen LogP contribution in [0.1, 0.15) is 21.0 Å². The predicted molar refractivity (Wildman–Crippen MR) is 99.8 cm³/mol. The molecule has 9 heteroatoms. The summed E-state index contributed by atoms with van der Waals surface area (Å²) >= 11 is 0. The lowest BCUT2D eigenvalue weighted by Crippen LogP contribution is -2.50. The number of halogens is 1. The van der Waals surface area contributed by atoms with Crippen LogP contribution in [-0.2, 0) is 6.73 Å². The fraction of sp³-hybridized carbons (Fsp3) is 0.250. The first kappa shape index (κ1) is 18.7. The minimum Gasteiger partial charge on any atom is -0.471 e. The van der Waals surface area contributed by atoms with Crippen LogP contribution in [-0.4, -0.2) is 57.6 Å². The van der Waals surface area contributed by atoms with Crippen molar-refractivity contribution >= 4 is 11.8 Å². The molecular weight excluding hydrogens is 379 g/mol. The van der Waals surface area contributed by atoms with Gasteiger partial charge in [0.25, 0.3) is 11.8 Å². The lowest BCUT2D eigenvalue weighted by molar-refractivity contribution is 0.0514. The predicted octanol–water partition coefficient (Wildman–Crippen LogP) is 2.25. The Morgan fingerprint density at radius 3 is 2.34 bits per heavy atom. The Bertz CT molecular complexity index is 976. The van der Waals surface area contributed by atoms with Gasteiger partial charge in [-0.1, -0.05) is 0 Å². The second kappa shape index (κ2) is 8.17. The average molecular weight is 398 g/mol. The highest BCUT2D eigenvalue weighted by molar-refractivity contribution is 5.93. The molecule has 8 nitrogen and oxygen atoms in total. The second-order valence-corrected chi connectivity index (χ2v) is 6.53. The van der Waals surface area contributed by atoms with Crippen LogP contribution in [0.5, 0.6) is 5.75 Å². The Hall–Kier alpha value is -3.62. The van der Waals surface area contributed by atoms with Gasteiger partial charge in [-0.3, -0.25) is 9.59 Å². The zero-order valence-electron chi connectivity index (χ0n) is 15.5. The van der Waals surface area contributed by atoms with Gasteiger partial charge in [-0.2, -0.15) is 5.10 Å². The molecule has 0 spiro atoms. The van der Waals surface area contributed by atoms with Gasteiger partial charge in [0.05, 0.1) is 6.26 Å². The molecular formula is C20H19FN4O4. The summed E-state index contributed by atoms with van der Waals surface area (Å²) in [5, 5.41) is 4.24. The van der Waals surface area contributed by atoms with Crippen molar-refractivity contribution in [2.24, 2.45) is 0 Å². The van der Waals surface area contributed by atoms with E-state index in [1.54, 1.807) is 34.2 Å². The first-order chi connectivity index (χ1) is 14.1. The molecule has 1 aliphatic rings.